The predicted octanol–water partition coefficient (Wildman–Crippen LogP) is 6.15. The predicted molar refractivity (Wildman–Crippen MR) is 273 cm³/mol. The van der Waals surface area contributed by atoms with Crippen molar-refractivity contribution in [3.05, 3.63) is 24.3 Å². The molecular formula is C46H74Cl6N6O13. The number of halogens is 6. The van der Waals surface area contributed by atoms with Gasteiger partial charge in [0, 0.05) is 13.1 Å². The van der Waals surface area contributed by atoms with Crippen molar-refractivity contribution in [1.82, 2.24) is 31.5 Å². The molecule has 2 heterocycles. The number of hydrazine groups is 2. The van der Waals surface area contributed by atoms with Gasteiger partial charge in [0.2, 0.25) is 13.5 Å². The molecule has 71 heavy (non-hydrogen) atoms. The number of aliphatic carboxylic acids is 1. The number of aliphatic hydroxyl groups is 1. The largest absolute Gasteiger partial charge is 0.481 e. The van der Waals surface area contributed by atoms with E-state index >= 15 is 0 Å². The minimum atomic E-state index is -1.74. The van der Waals surface area contributed by atoms with E-state index in [-0.39, 0.29) is 29.6 Å². The lowest BCUT2D eigenvalue weighted by molar-refractivity contribution is -0.163. The fraction of sp³-hybridized carbons (Fsp3) is 0.739. The molecule has 0 radical (unpaired) electrons. The van der Waals surface area contributed by atoms with Crippen LogP contribution >= 0.6 is 69.6 Å². The summed E-state index contributed by atoms with van der Waals surface area (Å²) in [5, 5.41) is 25.9. The number of nitrogens with zero attached hydrogens (tertiary/aromatic N) is 2. The highest BCUT2D eigenvalue weighted by molar-refractivity contribution is 6.68. The first-order valence-corrected chi connectivity index (χ1v) is 25.6. The van der Waals surface area contributed by atoms with Gasteiger partial charge in [0.1, 0.15) is 43.5 Å². The number of rotatable bonds is 19. The molecule has 0 saturated carbocycles. The monoisotopic (exact) mass is 1130 g/mol. The van der Waals surface area contributed by atoms with E-state index in [2.05, 4.69) is 21.5 Å². The quantitative estimate of drug-likeness (QED) is 0.0367. The third kappa shape index (κ3) is 26.6. The normalized spacial score (nSPS) is 19.8. The number of aliphatic hydroxyl groups excluding tert-OH is 1. The minimum Gasteiger partial charge on any atom is -0.481 e. The van der Waals surface area contributed by atoms with Gasteiger partial charge in [-0.25, -0.2) is 10.9 Å². The number of carboxylic acids is 1. The molecule has 2 fully saturated rings. The average molecular weight is 1130 g/mol. The highest BCUT2D eigenvalue weighted by atomic mass is 35.6. The van der Waals surface area contributed by atoms with Crippen LogP contribution in [0, 0.1) is 35.5 Å². The summed E-state index contributed by atoms with van der Waals surface area (Å²) in [6, 6.07) is -3.37. The zero-order valence-electron chi connectivity index (χ0n) is 42.4. The Kier molecular flexibility index (Phi) is 31.5. The van der Waals surface area contributed by atoms with Gasteiger partial charge in [-0.3, -0.25) is 48.4 Å². The Labute approximate surface area is 447 Å². The van der Waals surface area contributed by atoms with Gasteiger partial charge >= 0.3 is 23.9 Å². The Morgan fingerprint density at radius 2 is 1.01 bits per heavy atom. The molecule has 408 valence electrons. The summed E-state index contributed by atoms with van der Waals surface area (Å²) < 4.78 is 12.0. The SMILES string of the molecule is C/C=C/C(C)C(C)C(=O)O.C/C=C/C(C)C(C)C(=O)O[C@H](C(=O)N[C@@H](C)C(=O)N1CCC[C@@H](C(=O)OCC(Cl)(Cl)Cl)N1)C(C)C.CC(C)[C@H](O)C(=O)N[C@@H](C)C(=O)N1CCC[C@@H](C(=O)OCC(Cl)(Cl)Cl)N1. The Balaban J connectivity index is 0.00000119. The molecule has 10 atom stereocenters. The van der Waals surface area contributed by atoms with Crippen molar-refractivity contribution in [1.29, 1.82) is 0 Å². The van der Waals surface area contributed by atoms with Gasteiger partial charge in [-0.15, -0.1) is 0 Å². The van der Waals surface area contributed by atoms with Crippen LogP contribution in [0.5, 0.6) is 0 Å². The molecule has 0 aromatic heterocycles. The number of carbonyl (C=O) groups excluding carboxylic acids is 7. The van der Waals surface area contributed by atoms with E-state index in [1.165, 1.54) is 23.9 Å². The number of carbonyl (C=O) groups is 8. The van der Waals surface area contributed by atoms with E-state index in [4.69, 9.17) is 88.9 Å². The number of hydrogen-bond donors (Lipinski definition) is 6. The molecule has 2 aliphatic rings. The molecule has 2 aliphatic heterocycles. The molecule has 2 rings (SSSR count). The summed E-state index contributed by atoms with van der Waals surface area (Å²) in [6.07, 6.45) is 7.23. The van der Waals surface area contributed by atoms with Crippen LogP contribution in [-0.2, 0) is 52.6 Å². The van der Waals surface area contributed by atoms with Crippen molar-refractivity contribution in [2.24, 2.45) is 35.5 Å². The lowest BCUT2D eigenvalue weighted by atomic mass is 9.95. The lowest BCUT2D eigenvalue weighted by Crippen LogP contribution is -2.60. The molecule has 0 bridgehead atoms. The smallest absolute Gasteiger partial charge is 0.325 e. The van der Waals surface area contributed by atoms with Gasteiger partial charge in [-0.2, -0.15) is 0 Å². The summed E-state index contributed by atoms with van der Waals surface area (Å²) in [5.74, 6) is -5.83. The van der Waals surface area contributed by atoms with Crippen molar-refractivity contribution in [3.8, 4) is 0 Å². The van der Waals surface area contributed by atoms with Gasteiger partial charge in [-0.1, -0.05) is 149 Å². The van der Waals surface area contributed by atoms with Gasteiger partial charge in [0.25, 0.3) is 17.7 Å². The van der Waals surface area contributed by atoms with Gasteiger partial charge in [0.15, 0.2) is 6.10 Å². The first kappa shape index (κ1) is 67.9. The maximum absolute atomic E-state index is 12.9. The Morgan fingerprint density at radius 3 is 1.35 bits per heavy atom. The number of nitrogens with one attached hydrogen (secondary N) is 4. The fourth-order valence-corrected chi connectivity index (χ4v) is 6.66. The van der Waals surface area contributed by atoms with Crippen molar-refractivity contribution in [2.75, 3.05) is 26.3 Å². The van der Waals surface area contributed by atoms with E-state index in [1.807, 2.05) is 52.0 Å². The molecule has 6 N–H and O–H groups in total. The molecule has 19 nitrogen and oxygen atoms in total. The van der Waals surface area contributed by atoms with Crippen LogP contribution in [0.25, 0.3) is 0 Å². The summed E-state index contributed by atoms with van der Waals surface area (Å²) in [7, 11) is 0. The number of hydrogen-bond acceptors (Lipinski definition) is 14. The highest BCUT2D eigenvalue weighted by Gasteiger charge is 2.37. The molecule has 0 aromatic carbocycles. The number of amides is 4. The lowest BCUT2D eigenvalue weighted by Gasteiger charge is -2.34. The van der Waals surface area contributed by atoms with Crippen molar-refractivity contribution in [3.63, 3.8) is 0 Å². The second kappa shape index (κ2) is 32.9. The first-order chi connectivity index (χ1) is 32.7. The fourth-order valence-electron chi connectivity index (χ4n) is 6.33. The number of carboxylic acid groups (broad SMARTS) is 1. The maximum Gasteiger partial charge on any atom is 0.325 e. The van der Waals surface area contributed by atoms with Crippen LogP contribution < -0.4 is 21.5 Å². The number of esters is 3. The highest BCUT2D eigenvalue weighted by Crippen LogP contribution is 2.27. The summed E-state index contributed by atoms with van der Waals surface area (Å²) in [6.45, 7) is 20.8. The Hall–Kier alpha value is -3.14. The van der Waals surface area contributed by atoms with Gasteiger partial charge < -0.3 is 35.1 Å². The molecule has 25 heteroatoms. The van der Waals surface area contributed by atoms with Gasteiger partial charge in [0.05, 0.1) is 11.8 Å². The third-order valence-corrected chi connectivity index (χ3v) is 11.7. The molecule has 4 unspecified atom stereocenters. The summed E-state index contributed by atoms with van der Waals surface area (Å²) in [5.41, 5.74) is 5.57. The van der Waals surface area contributed by atoms with Crippen LogP contribution in [0.3, 0.4) is 0 Å². The molecule has 2 saturated heterocycles. The second-order valence-corrected chi connectivity index (χ2v) is 23.0. The summed E-state index contributed by atoms with van der Waals surface area (Å²) in [4.78, 5) is 97.4. The van der Waals surface area contributed by atoms with Crippen molar-refractivity contribution < 1.29 is 62.8 Å². The second-order valence-electron chi connectivity index (χ2n) is 18.0. The van der Waals surface area contributed by atoms with Crippen LogP contribution in [0.15, 0.2) is 24.3 Å². The first-order valence-electron chi connectivity index (χ1n) is 23.3. The zero-order chi connectivity index (χ0) is 55.1. The van der Waals surface area contributed by atoms with Crippen LogP contribution in [0.4, 0.5) is 0 Å². The van der Waals surface area contributed by atoms with E-state index in [9.17, 15) is 43.5 Å². The molecule has 4 amide bonds. The minimum absolute atomic E-state index is 0.0524. The topological polar surface area (TPSA) is 259 Å². The number of ether oxygens (including phenoxy) is 3. The van der Waals surface area contributed by atoms with Crippen LogP contribution in [-0.4, -0.2) is 138 Å². The van der Waals surface area contributed by atoms with E-state index in [1.54, 1.807) is 41.5 Å². The van der Waals surface area contributed by atoms with E-state index in [0.717, 1.165) is 0 Å². The van der Waals surface area contributed by atoms with E-state index < -0.39 is 111 Å². The number of alkyl halides is 6. The standard InChI is InChI=1S/C23H36Cl3N3O6.C15H24Cl3N3O5.C8H14O2/c1-7-9-14(4)15(5)21(32)35-18(13(2)3)19(30)27-16(6)20(31)29-11-8-10-17(28-29)22(33)34-12-23(24,25)26;1-8(2)11(22)12(23)19-9(3)13(24)21-6-4-5-10(20-21)14(25)26-7-15(16,17)18;1-4-5-6(2)7(3)8(9)10/h7,9,13-18,28H,8,10-12H2,1-6H3,(H,27,30);8-11,20,22H,4-7H2,1-3H3,(H,19,23);4-7H,1-3H3,(H,9,10)/b9-7+;;5-4+/t14?,15?,16-,17-,18-;9-,10-,11-;/m00./s1. The van der Waals surface area contributed by atoms with Gasteiger partial charge in [-0.05, 0) is 77.0 Å². The molecular weight excluding hydrogens is 1060 g/mol. The number of allylic oxidation sites excluding steroid dienone is 4. The van der Waals surface area contributed by atoms with Crippen LogP contribution in [0.1, 0.15) is 109 Å². The van der Waals surface area contributed by atoms with Crippen molar-refractivity contribution >= 4 is 117 Å². The third-order valence-electron chi connectivity index (χ3n) is 11.0. The Morgan fingerprint density at radius 1 is 0.634 bits per heavy atom. The molecule has 0 spiro atoms. The molecule has 0 aliphatic carbocycles. The zero-order valence-corrected chi connectivity index (χ0v) is 47.0. The maximum atomic E-state index is 12.9. The van der Waals surface area contributed by atoms with Crippen LogP contribution in [0.2, 0.25) is 0 Å². The average Bonchev–Trinajstić information content (AvgIpc) is 3.29. The Bertz CT molecular complexity index is 1820. The van der Waals surface area contributed by atoms with Crippen molar-refractivity contribution in [2.45, 2.75) is 153 Å². The summed E-state index contributed by atoms with van der Waals surface area (Å²) >= 11 is 33.4. The molecule has 0 aromatic rings. The van der Waals surface area contributed by atoms with E-state index in [0.29, 0.717) is 38.8 Å².